The minimum Gasteiger partial charge on any atom is -0.481 e. The Balaban J connectivity index is 1.81. The lowest BCUT2D eigenvalue weighted by molar-refractivity contribution is -0.141. The van der Waals surface area contributed by atoms with Crippen LogP contribution in [0.4, 0.5) is 0 Å². The Kier molecular flexibility index (Phi) is 2.44. The predicted molar refractivity (Wildman–Crippen MR) is 49.6 cm³/mol. The number of rotatable bonds is 3. The van der Waals surface area contributed by atoms with Gasteiger partial charge in [0.25, 0.3) is 0 Å². The topological polar surface area (TPSA) is 66.4 Å². The molecule has 0 aromatic heterocycles. The molecule has 2 fully saturated rings. The normalized spacial score (nSPS) is 31.4. The molecule has 1 amide bonds. The van der Waals surface area contributed by atoms with Crippen molar-refractivity contribution in [2.75, 3.05) is 0 Å². The maximum absolute atomic E-state index is 11.6. The van der Waals surface area contributed by atoms with E-state index >= 15 is 0 Å². The molecule has 78 valence electrons. The predicted octanol–water partition coefficient (Wildman–Crippen LogP) is 0.766. The van der Waals surface area contributed by atoms with Gasteiger partial charge in [0.1, 0.15) is 0 Å². The van der Waals surface area contributed by atoms with Crippen LogP contribution in [0, 0.1) is 11.8 Å². The zero-order chi connectivity index (χ0) is 10.1. The van der Waals surface area contributed by atoms with Crippen LogP contribution in [0.1, 0.15) is 32.1 Å². The lowest BCUT2D eigenvalue weighted by Crippen LogP contribution is -2.31. The lowest BCUT2D eigenvalue weighted by Gasteiger charge is -2.09. The van der Waals surface area contributed by atoms with Crippen molar-refractivity contribution >= 4 is 11.9 Å². The summed E-state index contributed by atoms with van der Waals surface area (Å²) in [5.74, 6) is -1.05. The maximum atomic E-state index is 11.6. The molecular weight excluding hydrogens is 182 g/mol. The number of hydrogen-bond donors (Lipinski definition) is 2. The Labute approximate surface area is 82.7 Å². The Morgan fingerprint density at radius 1 is 1.07 bits per heavy atom. The highest BCUT2D eigenvalue weighted by Gasteiger charge is 2.35. The molecule has 2 aliphatic rings. The van der Waals surface area contributed by atoms with Crippen molar-refractivity contribution < 1.29 is 14.7 Å². The van der Waals surface area contributed by atoms with Gasteiger partial charge in [0.2, 0.25) is 5.91 Å². The molecule has 0 aromatic rings. The monoisotopic (exact) mass is 197 g/mol. The summed E-state index contributed by atoms with van der Waals surface area (Å²) in [4.78, 5) is 22.2. The molecule has 2 rings (SSSR count). The van der Waals surface area contributed by atoms with Crippen LogP contribution in [0.25, 0.3) is 0 Å². The fourth-order valence-electron chi connectivity index (χ4n) is 1.99. The van der Waals surface area contributed by atoms with Crippen LogP contribution < -0.4 is 5.32 Å². The van der Waals surface area contributed by atoms with Gasteiger partial charge in [-0.05, 0) is 32.1 Å². The van der Waals surface area contributed by atoms with Crippen LogP contribution in [0.5, 0.6) is 0 Å². The molecule has 0 saturated heterocycles. The average molecular weight is 197 g/mol. The molecule has 2 atom stereocenters. The second-order valence-electron chi connectivity index (χ2n) is 4.33. The van der Waals surface area contributed by atoms with Gasteiger partial charge >= 0.3 is 5.97 Å². The third-order valence-corrected chi connectivity index (χ3v) is 3.08. The fourth-order valence-corrected chi connectivity index (χ4v) is 1.99. The van der Waals surface area contributed by atoms with Crippen LogP contribution in [0.2, 0.25) is 0 Å². The molecule has 0 aliphatic heterocycles. The van der Waals surface area contributed by atoms with E-state index in [-0.39, 0.29) is 17.7 Å². The first kappa shape index (κ1) is 9.49. The van der Waals surface area contributed by atoms with Gasteiger partial charge in [-0.3, -0.25) is 9.59 Å². The van der Waals surface area contributed by atoms with Crippen molar-refractivity contribution in [2.24, 2.45) is 11.8 Å². The Bertz CT molecular complexity index is 260. The third-order valence-electron chi connectivity index (χ3n) is 3.08. The van der Waals surface area contributed by atoms with Gasteiger partial charge in [-0.2, -0.15) is 0 Å². The zero-order valence-electron chi connectivity index (χ0n) is 8.03. The minimum absolute atomic E-state index is 0.0586. The standard InChI is InChI=1S/C10H15NO3/c12-9(11-8-3-4-8)6-1-2-7(5-6)10(13)14/h6-8H,1-5H2,(H,11,12)(H,13,14). The van der Waals surface area contributed by atoms with Gasteiger partial charge < -0.3 is 10.4 Å². The summed E-state index contributed by atoms with van der Waals surface area (Å²) in [7, 11) is 0. The highest BCUT2D eigenvalue weighted by Crippen LogP contribution is 2.32. The van der Waals surface area contributed by atoms with E-state index in [1.165, 1.54) is 0 Å². The van der Waals surface area contributed by atoms with Gasteiger partial charge in [0.15, 0.2) is 0 Å². The fraction of sp³-hybridized carbons (Fsp3) is 0.800. The molecule has 0 spiro atoms. The molecule has 2 saturated carbocycles. The zero-order valence-corrected chi connectivity index (χ0v) is 8.03. The summed E-state index contributed by atoms with van der Waals surface area (Å²) >= 11 is 0. The van der Waals surface area contributed by atoms with Crippen LogP contribution >= 0.6 is 0 Å². The smallest absolute Gasteiger partial charge is 0.306 e. The average Bonchev–Trinajstić information content (AvgIpc) is 2.81. The van der Waals surface area contributed by atoms with Gasteiger partial charge in [-0.1, -0.05) is 0 Å². The largest absolute Gasteiger partial charge is 0.481 e. The molecule has 2 N–H and O–H groups in total. The van der Waals surface area contributed by atoms with Crippen molar-refractivity contribution in [3.63, 3.8) is 0 Å². The quantitative estimate of drug-likeness (QED) is 0.702. The van der Waals surface area contributed by atoms with E-state index in [1.54, 1.807) is 0 Å². The van der Waals surface area contributed by atoms with Gasteiger partial charge in [0, 0.05) is 12.0 Å². The summed E-state index contributed by atoms with van der Waals surface area (Å²) in [6.45, 7) is 0. The van der Waals surface area contributed by atoms with E-state index in [2.05, 4.69) is 5.32 Å². The number of aliphatic carboxylic acids is 1. The van der Waals surface area contributed by atoms with Crippen molar-refractivity contribution in [3.05, 3.63) is 0 Å². The van der Waals surface area contributed by atoms with E-state index in [1.807, 2.05) is 0 Å². The number of nitrogens with one attached hydrogen (secondary N) is 1. The summed E-state index contributed by atoms with van der Waals surface area (Å²) in [5.41, 5.74) is 0. The molecule has 2 unspecified atom stereocenters. The number of carboxylic acid groups (broad SMARTS) is 1. The van der Waals surface area contributed by atoms with Crippen LogP contribution in [-0.2, 0) is 9.59 Å². The van der Waals surface area contributed by atoms with Gasteiger partial charge in [-0.25, -0.2) is 0 Å². The number of carbonyl (C=O) groups excluding carboxylic acids is 1. The summed E-state index contributed by atoms with van der Waals surface area (Å²) in [6, 6.07) is 0.381. The van der Waals surface area contributed by atoms with Crippen LogP contribution in [-0.4, -0.2) is 23.0 Å². The highest BCUT2D eigenvalue weighted by molar-refractivity contribution is 5.81. The number of carbonyl (C=O) groups is 2. The molecule has 4 heteroatoms. The number of amides is 1. The Morgan fingerprint density at radius 3 is 2.21 bits per heavy atom. The number of hydrogen-bond acceptors (Lipinski definition) is 2. The van der Waals surface area contributed by atoms with E-state index in [0.29, 0.717) is 18.9 Å². The summed E-state index contributed by atoms with van der Waals surface area (Å²) in [5, 5.41) is 11.7. The van der Waals surface area contributed by atoms with E-state index in [9.17, 15) is 9.59 Å². The van der Waals surface area contributed by atoms with Crippen LogP contribution in [0.15, 0.2) is 0 Å². The minimum atomic E-state index is -0.758. The maximum Gasteiger partial charge on any atom is 0.306 e. The molecule has 0 heterocycles. The second kappa shape index (κ2) is 3.59. The molecule has 0 aromatic carbocycles. The van der Waals surface area contributed by atoms with Crippen molar-refractivity contribution in [1.29, 1.82) is 0 Å². The molecule has 4 nitrogen and oxygen atoms in total. The summed E-state index contributed by atoms with van der Waals surface area (Å²) in [6.07, 6.45) is 4.07. The lowest BCUT2D eigenvalue weighted by atomic mass is 10.0. The van der Waals surface area contributed by atoms with Crippen molar-refractivity contribution in [2.45, 2.75) is 38.1 Å². The SMILES string of the molecule is O=C(O)C1CCC(C(=O)NC2CC2)C1. The highest BCUT2D eigenvalue weighted by atomic mass is 16.4. The Morgan fingerprint density at radius 2 is 1.71 bits per heavy atom. The van der Waals surface area contributed by atoms with Crippen molar-refractivity contribution in [3.8, 4) is 0 Å². The molecule has 2 aliphatic carbocycles. The first-order chi connectivity index (χ1) is 6.66. The van der Waals surface area contributed by atoms with Gasteiger partial charge in [0.05, 0.1) is 5.92 Å². The first-order valence-electron chi connectivity index (χ1n) is 5.20. The summed E-state index contributed by atoms with van der Waals surface area (Å²) < 4.78 is 0. The van der Waals surface area contributed by atoms with E-state index in [0.717, 1.165) is 19.3 Å². The van der Waals surface area contributed by atoms with E-state index in [4.69, 9.17) is 5.11 Å². The number of carboxylic acids is 1. The Hall–Kier alpha value is -1.06. The molecule has 0 bridgehead atoms. The van der Waals surface area contributed by atoms with Gasteiger partial charge in [-0.15, -0.1) is 0 Å². The third kappa shape index (κ3) is 2.05. The van der Waals surface area contributed by atoms with Crippen molar-refractivity contribution in [1.82, 2.24) is 5.32 Å². The van der Waals surface area contributed by atoms with Crippen LogP contribution in [0.3, 0.4) is 0 Å². The molecule has 0 radical (unpaired) electrons. The second-order valence-corrected chi connectivity index (χ2v) is 4.33. The van der Waals surface area contributed by atoms with E-state index < -0.39 is 5.97 Å². The molecule has 14 heavy (non-hydrogen) atoms. The first-order valence-corrected chi connectivity index (χ1v) is 5.20. The molecular formula is C10H15NO3.